The minimum Gasteiger partial charge on any atom is -0.397 e. The van der Waals surface area contributed by atoms with Crippen LogP contribution in [-0.4, -0.2) is 34.7 Å². The van der Waals surface area contributed by atoms with Gasteiger partial charge in [0.2, 0.25) is 0 Å². The number of hydrogen-bond donors (Lipinski definition) is 1. The topological polar surface area (TPSA) is 20.2 Å². The van der Waals surface area contributed by atoms with E-state index in [0.717, 1.165) is 0 Å². The molecule has 0 unspecified atom stereocenters. The summed E-state index contributed by atoms with van der Waals surface area (Å²) >= 11 is 4.19. The average Bonchev–Trinajstić information content (AvgIpc) is 2.35. The molecular weight excluding hydrogens is 224 g/mol. The highest BCUT2D eigenvalue weighted by Gasteiger charge is 1.96. The zero-order valence-electron chi connectivity index (χ0n) is 10.0. The monoisotopic (exact) mass is 250 g/mol. The molecule has 0 amide bonds. The van der Waals surface area contributed by atoms with E-state index >= 15 is 0 Å². The first-order valence-electron chi connectivity index (χ1n) is 6.18. The third-order valence-corrected chi connectivity index (χ3v) is 4.46. The molecule has 0 aromatic carbocycles. The molecule has 92 valence electrons. The Morgan fingerprint density at radius 1 is 0.733 bits per heavy atom. The number of rotatable bonds is 0. The molecule has 2 saturated heterocycles. The van der Waals surface area contributed by atoms with Gasteiger partial charge in [-0.25, -0.2) is 0 Å². The zero-order chi connectivity index (χ0) is 11.2. The fraction of sp³-hybridized carbons (Fsp3) is 1.00. The Hall–Kier alpha value is 0.660. The molecule has 0 aromatic rings. The molecular formula is C12H26OS2. The highest BCUT2D eigenvalue weighted by atomic mass is 32.2. The van der Waals surface area contributed by atoms with Gasteiger partial charge in [0.1, 0.15) is 0 Å². The molecule has 0 aliphatic carbocycles. The van der Waals surface area contributed by atoms with Crippen LogP contribution < -0.4 is 0 Å². The Bertz CT molecular complexity index is 66.8. The molecule has 3 heteroatoms. The van der Waals surface area contributed by atoms with E-state index in [1.807, 2.05) is 0 Å². The molecule has 0 radical (unpaired) electrons. The van der Waals surface area contributed by atoms with Gasteiger partial charge < -0.3 is 5.11 Å². The van der Waals surface area contributed by atoms with Crippen molar-refractivity contribution < 1.29 is 5.11 Å². The van der Waals surface area contributed by atoms with Gasteiger partial charge in [-0.05, 0) is 55.6 Å². The first-order valence-corrected chi connectivity index (χ1v) is 8.49. The van der Waals surface area contributed by atoms with Crippen LogP contribution in [0.3, 0.4) is 0 Å². The van der Waals surface area contributed by atoms with Crippen molar-refractivity contribution in [3.63, 3.8) is 0 Å². The molecule has 0 aromatic heterocycles. The summed E-state index contributed by atoms with van der Waals surface area (Å²) in [6, 6.07) is 0. The molecule has 2 fully saturated rings. The van der Waals surface area contributed by atoms with E-state index in [9.17, 15) is 0 Å². The fourth-order valence-electron chi connectivity index (χ4n) is 1.37. The van der Waals surface area contributed by atoms with Gasteiger partial charge in [0.15, 0.2) is 0 Å². The molecule has 2 aliphatic rings. The molecule has 15 heavy (non-hydrogen) atoms. The van der Waals surface area contributed by atoms with Gasteiger partial charge in [-0.2, -0.15) is 23.5 Å². The van der Waals surface area contributed by atoms with Crippen molar-refractivity contribution in [3.05, 3.63) is 0 Å². The van der Waals surface area contributed by atoms with Gasteiger partial charge in [0, 0.05) is 6.61 Å². The Balaban J connectivity index is 0.000000210. The summed E-state index contributed by atoms with van der Waals surface area (Å²) in [4.78, 5) is 0. The lowest BCUT2D eigenvalue weighted by molar-refractivity contribution is 0.318. The summed E-state index contributed by atoms with van der Waals surface area (Å²) < 4.78 is 0. The molecule has 2 heterocycles. The molecule has 2 aliphatic heterocycles. The lowest BCUT2D eigenvalue weighted by atomic mass is 10.3. The SMILES string of the molecule is C1CCSCC1.C1CCSCC1.CCO. The fourth-order valence-corrected chi connectivity index (χ4v) is 3.42. The molecule has 0 atom stereocenters. The van der Waals surface area contributed by atoms with E-state index in [4.69, 9.17) is 5.11 Å². The third kappa shape index (κ3) is 14.7. The van der Waals surface area contributed by atoms with Crippen LogP contribution >= 0.6 is 23.5 Å². The van der Waals surface area contributed by atoms with Crippen molar-refractivity contribution in [1.29, 1.82) is 0 Å². The Morgan fingerprint density at radius 3 is 1.07 bits per heavy atom. The maximum Gasteiger partial charge on any atom is 0.0402 e. The van der Waals surface area contributed by atoms with E-state index in [1.165, 1.54) is 61.5 Å². The number of thioether (sulfide) groups is 2. The van der Waals surface area contributed by atoms with E-state index < -0.39 is 0 Å². The number of aliphatic hydroxyl groups is 1. The summed E-state index contributed by atoms with van der Waals surface area (Å²) in [5.74, 6) is 5.67. The Morgan fingerprint density at radius 2 is 1.00 bits per heavy atom. The van der Waals surface area contributed by atoms with Gasteiger partial charge in [-0.3, -0.25) is 0 Å². The van der Waals surface area contributed by atoms with Crippen molar-refractivity contribution in [1.82, 2.24) is 0 Å². The lowest BCUT2D eigenvalue weighted by Gasteiger charge is -2.05. The quantitative estimate of drug-likeness (QED) is 0.706. The second kappa shape index (κ2) is 14.7. The van der Waals surface area contributed by atoms with Crippen molar-refractivity contribution in [3.8, 4) is 0 Å². The Kier molecular flexibility index (Phi) is 15.3. The molecule has 0 saturated carbocycles. The summed E-state index contributed by atoms with van der Waals surface area (Å²) in [6.07, 6.45) is 8.81. The van der Waals surface area contributed by atoms with Crippen LogP contribution in [0.4, 0.5) is 0 Å². The minimum absolute atomic E-state index is 0.250. The van der Waals surface area contributed by atoms with Crippen molar-refractivity contribution in [2.24, 2.45) is 0 Å². The second-order valence-electron chi connectivity index (χ2n) is 3.66. The maximum atomic E-state index is 7.57. The summed E-state index contributed by atoms with van der Waals surface area (Å²) in [7, 11) is 0. The summed E-state index contributed by atoms with van der Waals surface area (Å²) in [5, 5.41) is 7.57. The van der Waals surface area contributed by atoms with Crippen molar-refractivity contribution >= 4 is 23.5 Å². The van der Waals surface area contributed by atoms with E-state index in [0.29, 0.717) is 0 Å². The van der Waals surface area contributed by atoms with Crippen LogP contribution in [0.1, 0.15) is 45.4 Å². The molecule has 1 nitrogen and oxygen atoms in total. The van der Waals surface area contributed by atoms with Crippen molar-refractivity contribution in [2.45, 2.75) is 45.4 Å². The maximum absolute atomic E-state index is 7.57. The van der Waals surface area contributed by atoms with Crippen LogP contribution in [0, 0.1) is 0 Å². The minimum atomic E-state index is 0.250. The standard InChI is InChI=1S/2C5H10S.C2H6O/c2*1-2-4-6-5-3-1;1-2-3/h2*1-5H2;3H,2H2,1H3. The molecule has 0 spiro atoms. The van der Waals surface area contributed by atoms with Gasteiger partial charge in [-0.1, -0.05) is 12.8 Å². The Labute approximate surface area is 104 Å². The van der Waals surface area contributed by atoms with Crippen LogP contribution in [-0.2, 0) is 0 Å². The van der Waals surface area contributed by atoms with Gasteiger partial charge in [0.05, 0.1) is 0 Å². The van der Waals surface area contributed by atoms with E-state index in [1.54, 1.807) is 6.92 Å². The first kappa shape index (κ1) is 15.7. The predicted octanol–water partition coefficient (Wildman–Crippen LogP) is 3.81. The summed E-state index contributed by atoms with van der Waals surface area (Å²) in [6.45, 7) is 1.93. The third-order valence-electron chi connectivity index (χ3n) is 2.15. The van der Waals surface area contributed by atoms with E-state index in [-0.39, 0.29) is 6.61 Å². The van der Waals surface area contributed by atoms with Crippen LogP contribution in [0.5, 0.6) is 0 Å². The molecule has 0 bridgehead atoms. The molecule has 1 N–H and O–H groups in total. The predicted molar refractivity (Wildman–Crippen MR) is 75.1 cm³/mol. The van der Waals surface area contributed by atoms with Gasteiger partial charge in [0.25, 0.3) is 0 Å². The average molecular weight is 250 g/mol. The van der Waals surface area contributed by atoms with Crippen LogP contribution in [0.2, 0.25) is 0 Å². The van der Waals surface area contributed by atoms with Gasteiger partial charge in [-0.15, -0.1) is 0 Å². The largest absolute Gasteiger partial charge is 0.397 e. The van der Waals surface area contributed by atoms with Crippen molar-refractivity contribution in [2.75, 3.05) is 29.6 Å². The number of aliphatic hydroxyl groups excluding tert-OH is 1. The van der Waals surface area contributed by atoms with Gasteiger partial charge >= 0.3 is 0 Å². The highest BCUT2D eigenvalue weighted by molar-refractivity contribution is 7.99. The zero-order valence-corrected chi connectivity index (χ0v) is 11.7. The summed E-state index contributed by atoms with van der Waals surface area (Å²) in [5.41, 5.74) is 0. The second-order valence-corrected chi connectivity index (χ2v) is 6.11. The smallest absolute Gasteiger partial charge is 0.0402 e. The normalized spacial score (nSPS) is 20.4. The van der Waals surface area contributed by atoms with E-state index in [2.05, 4.69) is 23.5 Å². The lowest BCUT2D eigenvalue weighted by Crippen LogP contribution is -1.91. The first-order chi connectivity index (χ1) is 7.41. The number of hydrogen-bond acceptors (Lipinski definition) is 3. The van der Waals surface area contributed by atoms with Crippen LogP contribution in [0.15, 0.2) is 0 Å². The molecule has 2 rings (SSSR count). The van der Waals surface area contributed by atoms with Crippen LogP contribution in [0.25, 0.3) is 0 Å². The highest BCUT2D eigenvalue weighted by Crippen LogP contribution is 2.15.